The maximum absolute atomic E-state index is 11.6. The average Bonchev–Trinajstić information content (AvgIpc) is 2.55. The molecule has 1 N–H and O–H groups in total. The number of carbonyl (C=O) groups excluding carboxylic acids is 2. The molecule has 2 rings (SSSR count). The molecular formula is C17H15Cl2NO3. The molecule has 2 aromatic rings. The molecule has 0 aromatic heterocycles. The molecule has 0 heterocycles. The molecule has 23 heavy (non-hydrogen) atoms. The summed E-state index contributed by atoms with van der Waals surface area (Å²) in [5.41, 5.74) is 2.08. The number of benzene rings is 2. The summed E-state index contributed by atoms with van der Waals surface area (Å²) in [6.07, 6.45) is 0.0354. The van der Waals surface area contributed by atoms with Crippen molar-refractivity contribution in [3.8, 4) is 0 Å². The van der Waals surface area contributed by atoms with E-state index < -0.39 is 11.3 Å². The van der Waals surface area contributed by atoms with Gasteiger partial charge in [0.1, 0.15) is 6.61 Å². The van der Waals surface area contributed by atoms with Crippen molar-refractivity contribution in [3.63, 3.8) is 0 Å². The first-order chi connectivity index (χ1) is 11.1. The van der Waals surface area contributed by atoms with E-state index in [1.165, 1.54) is 6.07 Å². The smallest absolute Gasteiger partial charge is 0.407 e. The zero-order chi connectivity index (χ0) is 16.7. The number of carbonyl (C=O) groups is 2. The highest BCUT2D eigenvalue weighted by atomic mass is 35.5. The van der Waals surface area contributed by atoms with Gasteiger partial charge in [0.05, 0.1) is 0 Å². The van der Waals surface area contributed by atoms with E-state index in [1.54, 1.807) is 12.1 Å². The van der Waals surface area contributed by atoms with Gasteiger partial charge >= 0.3 is 6.09 Å². The van der Waals surface area contributed by atoms with Gasteiger partial charge in [-0.25, -0.2) is 4.79 Å². The second-order valence-corrected chi connectivity index (χ2v) is 5.57. The van der Waals surface area contributed by atoms with Crippen molar-refractivity contribution in [2.75, 3.05) is 6.54 Å². The van der Waals surface area contributed by atoms with E-state index in [1.807, 2.05) is 30.3 Å². The molecule has 4 nitrogen and oxygen atoms in total. The minimum absolute atomic E-state index is 0.222. The second kappa shape index (κ2) is 8.56. The van der Waals surface area contributed by atoms with Crippen LogP contribution >= 0.6 is 23.2 Å². The quantitative estimate of drug-likeness (QED) is 0.794. The molecular weight excluding hydrogens is 337 g/mol. The van der Waals surface area contributed by atoms with Crippen LogP contribution in [-0.4, -0.2) is 17.9 Å². The molecule has 0 radical (unpaired) electrons. The van der Waals surface area contributed by atoms with Gasteiger partial charge in [-0.2, -0.15) is 0 Å². The summed E-state index contributed by atoms with van der Waals surface area (Å²) in [5.74, 6) is 0. The Kier molecular flexibility index (Phi) is 6.44. The lowest BCUT2D eigenvalue weighted by Crippen LogP contribution is -2.26. The predicted octanol–water partition coefficient (Wildman–Crippen LogP) is 4.19. The number of amides is 1. The number of rotatable bonds is 6. The fourth-order valence-corrected chi connectivity index (χ4v) is 2.34. The lowest BCUT2D eigenvalue weighted by Gasteiger charge is -2.08. The topological polar surface area (TPSA) is 55.4 Å². The predicted molar refractivity (Wildman–Crippen MR) is 90.0 cm³/mol. The highest BCUT2D eigenvalue weighted by molar-refractivity contribution is 6.67. The number of hydrogen-bond acceptors (Lipinski definition) is 3. The van der Waals surface area contributed by atoms with Gasteiger partial charge in [-0.3, -0.25) is 4.79 Å². The molecule has 0 saturated heterocycles. The molecule has 6 heteroatoms. The summed E-state index contributed by atoms with van der Waals surface area (Å²) >= 11 is 11.5. The van der Waals surface area contributed by atoms with Crippen LogP contribution in [0.4, 0.5) is 4.79 Å². The molecule has 0 aliphatic carbocycles. The zero-order valence-electron chi connectivity index (χ0n) is 12.2. The van der Waals surface area contributed by atoms with Gasteiger partial charge in [0, 0.05) is 17.1 Å². The van der Waals surface area contributed by atoms with E-state index in [0.29, 0.717) is 23.6 Å². The molecule has 2 aromatic carbocycles. The van der Waals surface area contributed by atoms with Gasteiger partial charge in [-0.05, 0) is 41.3 Å². The third-order valence-electron chi connectivity index (χ3n) is 3.16. The summed E-state index contributed by atoms with van der Waals surface area (Å²) < 4.78 is 5.10. The Bertz CT molecular complexity index is 689. The Hall–Kier alpha value is -2.04. The molecule has 0 aliphatic rings. The third kappa shape index (κ3) is 5.58. The van der Waals surface area contributed by atoms with E-state index in [9.17, 15) is 9.59 Å². The Labute approximate surface area is 144 Å². The Balaban J connectivity index is 1.76. The van der Waals surface area contributed by atoms with Crippen LogP contribution in [0.1, 0.15) is 21.5 Å². The van der Waals surface area contributed by atoms with E-state index in [2.05, 4.69) is 5.32 Å². The number of halogens is 2. The van der Waals surface area contributed by atoms with Gasteiger partial charge in [0.25, 0.3) is 5.24 Å². The monoisotopic (exact) mass is 351 g/mol. The summed E-state index contributed by atoms with van der Waals surface area (Å²) in [7, 11) is 0. The first-order valence-electron chi connectivity index (χ1n) is 6.99. The first kappa shape index (κ1) is 17.3. The third-order valence-corrected chi connectivity index (χ3v) is 3.73. The lowest BCUT2D eigenvalue weighted by atomic mass is 10.1. The van der Waals surface area contributed by atoms with Crippen molar-refractivity contribution in [2.24, 2.45) is 0 Å². The minimum atomic E-state index is -0.555. The molecule has 0 bridgehead atoms. The van der Waals surface area contributed by atoms with Gasteiger partial charge in [-0.15, -0.1) is 0 Å². The first-order valence-corrected chi connectivity index (χ1v) is 7.74. The van der Waals surface area contributed by atoms with Crippen LogP contribution in [0.5, 0.6) is 0 Å². The average molecular weight is 352 g/mol. The van der Waals surface area contributed by atoms with Crippen LogP contribution in [0.3, 0.4) is 0 Å². The van der Waals surface area contributed by atoms with E-state index in [0.717, 1.165) is 11.1 Å². The number of hydrogen-bond donors (Lipinski definition) is 1. The van der Waals surface area contributed by atoms with Crippen molar-refractivity contribution in [1.82, 2.24) is 5.32 Å². The van der Waals surface area contributed by atoms with Crippen LogP contribution in [-0.2, 0) is 17.8 Å². The Morgan fingerprint density at radius 2 is 1.83 bits per heavy atom. The van der Waals surface area contributed by atoms with E-state index in [4.69, 9.17) is 27.9 Å². The van der Waals surface area contributed by atoms with Gasteiger partial charge < -0.3 is 10.1 Å². The van der Waals surface area contributed by atoms with Crippen molar-refractivity contribution in [3.05, 3.63) is 70.2 Å². The fraction of sp³-hybridized carbons (Fsp3) is 0.176. The molecule has 0 fully saturated rings. The fourth-order valence-electron chi connectivity index (χ4n) is 1.95. The highest BCUT2D eigenvalue weighted by Gasteiger charge is 2.07. The number of alkyl carbamates (subject to hydrolysis) is 1. The molecule has 120 valence electrons. The van der Waals surface area contributed by atoms with Crippen LogP contribution in [0.15, 0.2) is 48.5 Å². The summed E-state index contributed by atoms with van der Waals surface area (Å²) in [6, 6.07) is 14.3. The normalized spacial score (nSPS) is 10.2. The van der Waals surface area contributed by atoms with Crippen molar-refractivity contribution in [2.45, 2.75) is 13.0 Å². The second-order valence-electron chi connectivity index (χ2n) is 4.82. The molecule has 0 spiro atoms. The Morgan fingerprint density at radius 1 is 1.09 bits per heavy atom. The minimum Gasteiger partial charge on any atom is -0.445 e. The van der Waals surface area contributed by atoms with Crippen molar-refractivity contribution in [1.29, 1.82) is 0 Å². The van der Waals surface area contributed by atoms with Crippen molar-refractivity contribution >= 4 is 34.5 Å². The molecule has 1 amide bonds. The van der Waals surface area contributed by atoms with Gasteiger partial charge in [-0.1, -0.05) is 48.0 Å². The van der Waals surface area contributed by atoms with Crippen LogP contribution in [0, 0.1) is 0 Å². The van der Waals surface area contributed by atoms with Crippen LogP contribution < -0.4 is 5.32 Å². The zero-order valence-corrected chi connectivity index (χ0v) is 13.7. The van der Waals surface area contributed by atoms with Gasteiger partial charge in [0.15, 0.2) is 0 Å². The summed E-state index contributed by atoms with van der Waals surface area (Å²) in [6.45, 7) is 0.599. The van der Waals surface area contributed by atoms with E-state index in [-0.39, 0.29) is 6.61 Å². The molecule has 0 atom stereocenters. The summed E-state index contributed by atoms with van der Waals surface area (Å²) in [5, 5.41) is 2.54. The standard InChI is InChI=1S/C17H15Cl2NO3/c18-15-10-14(16(19)21)7-6-13(15)8-9-20-17(22)23-11-12-4-2-1-3-5-12/h1-7,10H,8-9,11H2,(H,20,22). The molecule has 0 aliphatic heterocycles. The SMILES string of the molecule is O=C(NCCc1ccc(C(=O)Cl)cc1Cl)OCc1ccccc1. The number of nitrogens with one attached hydrogen (secondary N) is 1. The molecule has 0 saturated carbocycles. The maximum Gasteiger partial charge on any atom is 0.407 e. The van der Waals surface area contributed by atoms with E-state index >= 15 is 0 Å². The van der Waals surface area contributed by atoms with Crippen LogP contribution in [0.2, 0.25) is 5.02 Å². The van der Waals surface area contributed by atoms with Gasteiger partial charge in [0.2, 0.25) is 0 Å². The molecule has 0 unspecified atom stereocenters. The maximum atomic E-state index is 11.6. The Morgan fingerprint density at radius 3 is 2.48 bits per heavy atom. The number of ether oxygens (including phenoxy) is 1. The van der Waals surface area contributed by atoms with Crippen molar-refractivity contribution < 1.29 is 14.3 Å². The summed E-state index contributed by atoms with van der Waals surface area (Å²) in [4.78, 5) is 22.6. The lowest BCUT2D eigenvalue weighted by molar-refractivity contribution is 0.108. The van der Waals surface area contributed by atoms with Crippen LogP contribution in [0.25, 0.3) is 0 Å². The largest absolute Gasteiger partial charge is 0.445 e. The highest BCUT2D eigenvalue weighted by Crippen LogP contribution is 2.19.